The van der Waals surface area contributed by atoms with E-state index in [0.717, 1.165) is 24.0 Å². The highest BCUT2D eigenvalue weighted by Crippen LogP contribution is 2.33. The number of anilines is 1. The lowest BCUT2D eigenvalue weighted by molar-refractivity contribution is -0.274. The van der Waals surface area contributed by atoms with E-state index in [2.05, 4.69) is 59.4 Å². The molecule has 0 radical (unpaired) electrons. The fraction of sp³-hybridized carbons (Fsp3) is 0.429. The summed E-state index contributed by atoms with van der Waals surface area (Å²) in [5.41, 5.74) is 9.45. The Balaban J connectivity index is 1.15. The Morgan fingerprint density at radius 2 is 1.83 bits per heavy atom. The van der Waals surface area contributed by atoms with E-state index in [1.54, 1.807) is 6.33 Å². The van der Waals surface area contributed by atoms with Crippen molar-refractivity contribution in [3.05, 3.63) is 60.2 Å². The minimum atomic E-state index is -4.85. The molecule has 2 fully saturated rings. The molecule has 0 unspecified atom stereocenters. The summed E-state index contributed by atoms with van der Waals surface area (Å²) >= 11 is 0. The molecular weight excluding hydrogens is 554 g/mol. The third kappa shape index (κ3) is 6.61. The Hall–Kier alpha value is -3.88. The highest BCUT2D eigenvalue weighted by Gasteiger charge is 2.33. The van der Waals surface area contributed by atoms with Gasteiger partial charge in [0.2, 0.25) is 0 Å². The van der Waals surface area contributed by atoms with Crippen LogP contribution in [0.4, 0.5) is 23.4 Å². The van der Waals surface area contributed by atoms with Crippen LogP contribution in [0.3, 0.4) is 0 Å². The molecule has 10 nitrogen and oxygen atoms in total. The van der Waals surface area contributed by atoms with Gasteiger partial charge < -0.3 is 9.72 Å². The standard InChI is InChI=1S/C28H31F4N9O/c1-16-13-41(39-38-27-25-26(35-15-34-25)36-24(37-27)9-18-3-4-18)17(2)12-40(16)14-23-22(19-5-7-20(29)8-6-19)10-21(11-33-23)42-28(30,31)32/h5-8,10-11,15-18,39H,3-4,9,12-14H2,1-2H3,(H2,34,35,36,37,38)/t16-,17+/m1/s1. The number of pyridine rings is 1. The van der Waals surface area contributed by atoms with Gasteiger partial charge in [-0.3, -0.25) is 15.3 Å². The molecule has 0 bridgehead atoms. The molecule has 1 aliphatic heterocycles. The lowest BCUT2D eigenvalue weighted by atomic mass is 10.0. The van der Waals surface area contributed by atoms with Crippen LogP contribution in [0.25, 0.3) is 22.3 Å². The van der Waals surface area contributed by atoms with E-state index in [0.29, 0.717) is 53.8 Å². The molecule has 2 aliphatic rings. The zero-order valence-corrected chi connectivity index (χ0v) is 23.1. The van der Waals surface area contributed by atoms with Crippen molar-refractivity contribution < 1.29 is 22.3 Å². The van der Waals surface area contributed by atoms with Crippen LogP contribution in [0.5, 0.6) is 5.75 Å². The van der Waals surface area contributed by atoms with Crippen molar-refractivity contribution in [2.45, 2.75) is 58.1 Å². The number of nitrogens with zero attached hydrogens (tertiary/aromatic N) is 6. The minimum Gasteiger partial charge on any atom is -0.404 e. The second kappa shape index (κ2) is 11.4. The van der Waals surface area contributed by atoms with Crippen LogP contribution >= 0.6 is 0 Å². The number of alkyl halides is 3. The first-order chi connectivity index (χ1) is 20.1. The number of benzene rings is 1. The molecule has 4 aromatic rings. The summed E-state index contributed by atoms with van der Waals surface area (Å²) in [5, 5.41) is 2.08. The van der Waals surface area contributed by atoms with Gasteiger partial charge in [0.1, 0.15) is 22.9 Å². The molecule has 42 heavy (non-hydrogen) atoms. The number of hydrogen-bond acceptors (Lipinski definition) is 9. The number of aromatic nitrogens is 5. The summed E-state index contributed by atoms with van der Waals surface area (Å²) in [6, 6.07) is 6.99. The van der Waals surface area contributed by atoms with Crippen molar-refractivity contribution >= 4 is 17.0 Å². The lowest BCUT2D eigenvalue weighted by Crippen LogP contribution is -2.61. The van der Waals surface area contributed by atoms with Crippen molar-refractivity contribution in [3.63, 3.8) is 0 Å². The molecule has 14 heteroatoms. The van der Waals surface area contributed by atoms with Gasteiger partial charge in [-0.1, -0.05) is 12.1 Å². The monoisotopic (exact) mass is 585 g/mol. The molecule has 1 saturated carbocycles. The molecule has 3 aromatic heterocycles. The number of fused-ring (bicyclic) bond motifs is 1. The largest absolute Gasteiger partial charge is 0.573 e. The number of piperazine rings is 1. The maximum absolute atomic E-state index is 13.6. The first kappa shape index (κ1) is 28.2. The number of imidazole rings is 1. The third-order valence-corrected chi connectivity index (χ3v) is 7.62. The molecule has 0 spiro atoms. The Morgan fingerprint density at radius 3 is 2.57 bits per heavy atom. The van der Waals surface area contributed by atoms with Gasteiger partial charge in [0, 0.05) is 43.7 Å². The molecule has 4 heterocycles. The highest BCUT2D eigenvalue weighted by atomic mass is 19.4. The van der Waals surface area contributed by atoms with Gasteiger partial charge in [0.05, 0.1) is 18.2 Å². The highest BCUT2D eigenvalue weighted by molar-refractivity contribution is 5.82. The fourth-order valence-corrected chi connectivity index (χ4v) is 5.20. The van der Waals surface area contributed by atoms with Crippen LogP contribution in [0.15, 0.2) is 42.9 Å². The third-order valence-electron chi connectivity index (χ3n) is 7.62. The second-order valence-corrected chi connectivity index (χ2v) is 11.0. The molecule has 1 aromatic carbocycles. The Bertz CT molecular complexity index is 1540. The molecule has 2 atom stereocenters. The van der Waals surface area contributed by atoms with E-state index in [1.165, 1.54) is 43.2 Å². The first-order valence-corrected chi connectivity index (χ1v) is 13.8. The molecule has 0 amide bonds. The summed E-state index contributed by atoms with van der Waals surface area (Å²) in [5.74, 6) is 1.17. The van der Waals surface area contributed by atoms with Crippen molar-refractivity contribution in [1.82, 2.24) is 40.4 Å². The average molecular weight is 586 g/mol. The average Bonchev–Trinajstić information content (AvgIpc) is 3.62. The van der Waals surface area contributed by atoms with Crippen LogP contribution in [-0.2, 0) is 13.0 Å². The van der Waals surface area contributed by atoms with Crippen molar-refractivity contribution in [1.29, 1.82) is 0 Å². The Kier molecular flexibility index (Phi) is 7.68. The molecule has 1 aliphatic carbocycles. The van der Waals surface area contributed by atoms with Gasteiger partial charge in [-0.15, -0.1) is 13.2 Å². The van der Waals surface area contributed by atoms with E-state index in [1.807, 2.05) is 0 Å². The smallest absolute Gasteiger partial charge is 0.404 e. The fourth-order valence-electron chi connectivity index (χ4n) is 5.20. The number of H-pyrrole nitrogens is 1. The summed E-state index contributed by atoms with van der Waals surface area (Å²) in [4.78, 5) is 23.3. The number of halogens is 4. The summed E-state index contributed by atoms with van der Waals surface area (Å²) in [7, 11) is 0. The van der Waals surface area contributed by atoms with Crippen molar-refractivity contribution in [2.24, 2.45) is 5.92 Å². The number of rotatable bonds is 9. The predicted octanol–water partition coefficient (Wildman–Crippen LogP) is 4.83. The number of hydrazine groups is 2. The van der Waals surface area contributed by atoms with Gasteiger partial charge >= 0.3 is 6.36 Å². The van der Waals surface area contributed by atoms with E-state index in [-0.39, 0.29) is 12.1 Å². The van der Waals surface area contributed by atoms with Crippen LogP contribution < -0.4 is 15.7 Å². The van der Waals surface area contributed by atoms with Crippen LogP contribution in [0.2, 0.25) is 0 Å². The van der Waals surface area contributed by atoms with Gasteiger partial charge in [0.25, 0.3) is 0 Å². The predicted molar refractivity (Wildman–Crippen MR) is 147 cm³/mol. The Labute approximate surface area is 239 Å². The first-order valence-electron chi connectivity index (χ1n) is 13.8. The van der Waals surface area contributed by atoms with Gasteiger partial charge in [0.15, 0.2) is 11.5 Å². The van der Waals surface area contributed by atoms with Crippen molar-refractivity contribution in [3.8, 4) is 16.9 Å². The SMILES string of the molecule is C[C@@H]1CN(NNc2nc(CC3CC3)nc3nc[nH]c23)[C@@H](C)CN1Cc1ncc(OC(F)(F)F)cc1-c1ccc(F)cc1. The minimum absolute atomic E-state index is 0.0563. The lowest BCUT2D eigenvalue weighted by Gasteiger charge is -2.44. The second-order valence-electron chi connectivity index (χ2n) is 11.0. The zero-order valence-electron chi connectivity index (χ0n) is 23.1. The molecule has 6 rings (SSSR count). The molecule has 1 saturated heterocycles. The van der Waals surface area contributed by atoms with Gasteiger partial charge in [-0.25, -0.2) is 24.4 Å². The maximum atomic E-state index is 13.6. The van der Waals surface area contributed by atoms with Gasteiger partial charge in [-0.2, -0.15) is 5.53 Å². The number of nitrogens with one attached hydrogen (secondary N) is 3. The normalized spacial score (nSPS) is 20.2. The summed E-state index contributed by atoms with van der Waals surface area (Å²) in [6.07, 6.45) is 1.06. The quantitative estimate of drug-likeness (QED) is 0.188. The maximum Gasteiger partial charge on any atom is 0.573 e. The van der Waals surface area contributed by atoms with Crippen LogP contribution in [0, 0.1) is 11.7 Å². The van der Waals surface area contributed by atoms with E-state index < -0.39 is 17.9 Å². The van der Waals surface area contributed by atoms with Crippen LogP contribution in [-0.4, -0.2) is 66.4 Å². The number of hydrogen-bond donors (Lipinski definition) is 3. The topological polar surface area (TPSA) is 107 Å². The van der Waals surface area contributed by atoms with Crippen LogP contribution in [0.1, 0.15) is 38.2 Å². The van der Waals surface area contributed by atoms with E-state index in [9.17, 15) is 17.6 Å². The Morgan fingerprint density at radius 1 is 1.05 bits per heavy atom. The zero-order chi connectivity index (χ0) is 29.4. The molecule has 222 valence electrons. The van der Waals surface area contributed by atoms with E-state index in [4.69, 9.17) is 4.98 Å². The molecular formula is C28H31F4N9O. The summed E-state index contributed by atoms with van der Waals surface area (Å²) < 4.78 is 56.4. The van der Waals surface area contributed by atoms with E-state index >= 15 is 0 Å². The molecule has 3 N–H and O–H groups in total. The van der Waals surface area contributed by atoms with Gasteiger partial charge in [-0.05, 0) is 56.4 Å². The van der Waals surface area contributed by atoms with Crippen molar-refractivity contribution in [2.75, 3.05) is 18.5 Å². The summed E-state index contributed by atoms with van der Waals surface area (Å²) in [6.45, 7) is 5.83. The number of aromatic amines is 1. The number of ether oxygens (including phenoxy) is 1.